The molecular formula is C19H21NO2. The highest BCUT2D eigenvalue weighted by Crippen LogP contribution is 2.21. The van der Waals surface area contributed by atoms with Gasteiger partial charge < -0.3 is 9.64 Å². The quantitative estimate of drug-likeness (QED) is 0.627. The SMILES string of the molecule is Cc1ccc(OC(=O)c2ccc(N3CCCCC3)cc2)cc1. The lowest BCUT2D eigenvalue weighted by molar-refractivity contribution is 0.0735. The molecule has 0 aromatic heterocycles. The topological polar surface area (TPSA) is 29.5 Å². The van der Waals surface area contributed by atoms with Crippen molar-refractivity contribution in [1.82, 2.24) is 0 Å². The van der Waals surface area contributed by atoms with Crippen LogP contribution in [0.1, 0.15) is 35.2 Å². The van der Waals surface area contributed by atoms with E-state index in [1.165, 1.54) is 24.9 Å². The highest BCUT2D eigenvalue weighted by atomic mass is 16.5. The van der Waals surface area contributed by atoms with E-state index in [2.05, 4.69) is 4.90 Å². The Labute approximate surface area is 131 Å². The number of rotatable bonds is 3. The molecule has 3 nitrogen and oxygen atoms in total. The van der Waals surface area contributed by atoms with E-state index in [0.717, 1.165) is 18.7 Å². The highest BCUT2D eigenvalue weighted by Gasteiger charge is 2.13. The average molecular weight is 295 g/mol. The molecule has 0 bridgehead atoms. The van der Waals surface area contributed by atoms with Crippen LogP contribution in [0.25, 0.3) is 0 Å². The van der Waals surface area contributed by atoms with E-state index in [-0.39, 0.29) is 5.97 Å². The van der Waals surface area contributed by atoms with Crippen molar-refractivity contribution in [1.29, 1.82) is 0 Å². The van der Waals surface area contributed by atoms with Crippen LogP contribution in [0.4, 0.5) is 5.69 Å². The molecule has 1 saturated heterocycles. The number of ether oxygens (including phenoxy) is 1. The van der Waals surface area contributed by atoms with Crippen LogP contribution in [0, 0.1) is 6.92 Å². The molecule has 22 heavy (non-hydrogen) atoms. The molecule has 0 amide bonds. The monoisotopic (exact) mass is 295 g/mol. The minimum Gasteiger partial charge on any atom is -0.423 e. The molecule has 0 atom stereocenters. The number of anilines is 1. The summed E-state index contributed by atoms with van der Waals surface area (Å²) in [6.07, 6.45) is 3.81. The molecule has 1 heterocycles. The third-order valence-corrected chi connectivity index (χ3v) is 4.06. The summed E-state index contributed by atoms with van der Waals surface area (Å²) in [4.78, 5) is 14.5. The summed E-state index contributed by atoms with van der Waals surface area (Å²) < 4.78 is 5.39. The summed E-state index contributed by atoms with van der Waals surface area (Å²) in [5.74, 6) is 0.268. The van der Waals surface area contributed by atoms with Crippen LogP contribution < -0.4 is 9.64 Å². The molecule has 0 spiro atoms. The fraction of sp³-hybridized carbons (Fsp3) is 0.316. The molecule has 0 radical (unpaired) electrons. The first-order valence-electron chi connectivity index (χ1n) is 7.86. The molecule has 3 heteroatoms. The number of nitrogens with zero attached hydrogens (tertiary/aromatic N) is 1. The van der Waals surface area contributed by atoms with Gasteiger partial charge in [0.15, 0.2) is 0 Å². The van der Waals surface area contributed by atoms with Gasteiger partial charge in [-0.1, -0.05) is 17.7 Å². The lowest BCUT2D eigenvalue weighted by atomic mass is 10.1. The Balaban J connectivity index is 1.66. The number of hydrogen-bond donors (Lipinski definition) is 0. The van der Waals surface area contributed by atoms with E-state index in [1.807, 2.05) is 55.5 Å². The Hall–Kier alpha value is -2.29. The summed E-state index contributed by atoms with van der Waals surface area (Å²) in [5, 5.41) is 0. The standard InChI is InChI=1S/C19H21NO2/c1-15-5-11-18(12-6-15)22-19(21)16-7-9-17(10-8-16)20-13-3-2-4-14-20/h5-12H,2-4,13-14H2,1H3. The zero-order valence-electron chi connectivity index (χ0n) is 12.9. The van der Waals surface area contributed by atoms with E-state index < -0.39 is 0 Å². The van der Waals surface area contributed by atoms with Gasteiger partial charge >= 0.3 is 5.97 Å². The van der Waals surface area contributed by atoms with Gasteiger partial charge in [-0.3, -0.25) is 0 Å². The third kappa shape index (κ3) is 3.48. The molecule has 0 saturated carbocycles. The van der Waals surface area contributed by atoms with Gasteiger partial charge in [-0.25, -0.2) is 4.79 Å². The molecule has 2 aromatic carbocycles. The number of benzene rings is 2. The number of piperidine rings is 1. The third-order valence-electron chi connectivity index (χ3n) is 4.06. The highest BCUT2D eigenvalue weighted by molar-refractivity contribution is 5.91. The van der Waals surface area contributed by atoms with Crippen molar-refractivity contribution in [3.05, 3.63) is 59.7 Å². The number of aryl methyl sites for hydroxylation is 1. The molecule has 114 valence electrons. The van der Waals surface area contributed by atoms with Gasteiger partial charge in [0.2, 0.25) is 0 Å². The Morgan fingerprint density at radius 1 is 0.909 bits per heavy atom. The Morgan fingerprint density at radius 2 is 1.55 bits per heavy atom. The molecule has 1 fully saturated rings. The van der Waals surface area contributed by atoms with Gasteiger partial charge in [0.1, 0.15) is 5.75 Å². The number of hydrogen-bond acceptors (Lipinski definition) is 3. The van der Waals surface area contributed by atoms with Gasteiger partial charge in [0, 0.05) is 18.8 Å². The second kappa shape index (κ2) is 6.65. The number of carbonyl (C=O) groups is 1. The van der Waals surface area contributed by atoms with E-state index in [1.54, 1.807) is 0 Å². The van der Waals surface area contributed by atoms with Gasteiger partial charge in [-0.2, -0.15) is 0 Å². The maximum absolute atomic E-state index is 12.2. The van der Waals surface area contributed by atoms with E-state index in [9.17, 15) is 4.79 Å². The lowest BCUT2D eigenvalue weighted by Gasteiger charge is -2.28. The van der Waals surface area contributed by atoms with Crippen molar-refractivity contribution in [2.45, 2.75) is 26.2 Å². The van der Waals surface area contributed by atoms with Crippen LogP contribution in [0.2, 0.25) is 0 Å². The average Bonchev–Trinajstić information content (AvgIpc) is 2.58. The van der Waals surface area contributed by atoms with E-state index >= 15 is 0 Å². The fourth-order valence-electron chi connectivity index (χ4n) is 2.73. The first-order chi connectivity index (χ1) is 10.7. The predicted molar refractivity (Wildman–Crippen MR) is 88.6 cm³/mol. The maximum atomic E-state index is 12.2. The van der Waals surface area contributed by atoms with Crippen LogP contribution >= 0.6 is 0 Å². The molecule has 0 unspecified atom stereocenters. The smallest absolute Gasteiger partial charge is 0.343 e. The van der Waals surface area contributed by atoms with Crippen molar-refractivity contribution >= 4 is 11.7 Å². The molecule has 1 aliphatic heterocycles. The Morgan fingerprint density at radius 3 is 2.18 bits per heavy atom. The van der Waals surface area contributed by atoms with E-state index in [0.29, 0.717) is 11.3 Å². The summed E-state index contributed by atoms with van der Waals surface area (Å²) in [6.45, 7) is 4.21. The van der Waals surface area contributed by atoms with Crippen molar-refractivity contribution in [2.75, 3.05) is 18.0 Å². The molecule has 3 rings (SSSR count). The largest absolute Gasteiger partial charge is 0.423 e. The number of esters is 1. The van der Waals surface area contributed by atoms with Crippen LogP contribution in [-0.2, 0) is 0 Å². The first kappa shape index (κ1) is 14.6. The zero-order valence-corrected chi connectivity index (χ0v) is 12.9. The fourth-order valence-corrected chi connectivity index (χ4v) is 2.73. The predicted octanol–water partition coefficient (Wildman–Crippen LogP) is 4.20. The van der Waals surface area contributed by atoms with Gasteiger partial charge in [-0.05, 0) is 62.6 Å². The Bertz CT molecular complexity index is 625. The molecule has 0 aliphatic carbocycles. The minimum absolute atomic E-state index is 0.311. The van der Waals surface area contributed by atoms with Gasteiger partial charge in [-0.15, -0.1) is 0 Å². The van der Waals surface area contributed by atoms with Crippen molar-refractivity contribution in [3.63, 3.8) is 0 Å². The maximum Gasteiger partial charge on any atom is 0.343 e. The van der Waals surface area contributed by atoms with Gasteiger partial charge in [0.05, 0.1) is 5.56 Å². The van der Waals surface area contributed by atoms with Crippen molar-refractivity contribution in [3.8, 4) is 5.75 Å². The Kier molecular flexibility index (Phi) is 4.42. The summed E-state index contributed by atoms with van der Waals surface area (Å²) in [6, 6.07) is 15.2. The molecule has 2 aromatic rings. The molecule has 0 N–H and O–H groups in total. The van der Waals surface area contributed by atoms with Crippen molar-refractivity contribution in [2.24, 2.45) is 0 Å². The van der Waals surface area contributed by atoms with E-state index in [4.69, 9.17) is 4.74 Å². The minimum atomic E-state index is -0.311. The summed E-state index contributed by atoms with van der Waals surface area (Å²) in [5.41, 5.74) is 2.92. The summed E-state index contributed by atoms with van der Waals surface area (Å²) in [7, 11) is 0. The normalized spacial score (nSPS) is 14.7. The van der Waals surface area contributed by atoms with Crippen LogP contribution in [0.15, 0.2) is 48.5 Å². The van der Waals surface area contributed by atoms with Crippen molar-refractivity contribution < 1.29 is 9.53 Å². The molecular weight excluding hydrogens is 274 g/mol. The second-order valence-electron chi connectivity index (χ2n) is 5.80. The van der Waals surface area contributed by atoms with Gasteiger partial charge in [0.25, 0.3) is 0 Å². The van der Waals surface area contributed by atoms with Crippen LogP contribution in [0.5, 0.6) is 5.75 Å². The number of carbonyl (C=O) groups excluding carboxylic acids is 1. The lowest BCUT2D eigenvalue weighted by Crippen LogP contribution is -2.29. The summed E-state index contributed by atoms with van der Waals surface area (Å²) >= 11 is 0. The second-order valence-corrected chi connectivity index (χ2v) is 5.80. The zero-order chi connectivity index (χ0) is 15.4. The van der Waals surface area contributed by atoms with Crippen LogP contribution in [0.3, 0.4) is 0 Å². The molecule has 1 aliphatic rings. The first-order valence-corrected chi connectivity index (χ1v) is 7.86. The van der Waals surface area contributed by atoms with Crippen LogP contribution in [-0.4, -0.2) is 19.1 Å².